The molecule has 168 valence electrons. The van der Waals surface area contributed by atoms with Gasteiger partial charge >= 0.3 is 6.03 Å². The molecule has 0 aliphatic carbocycles. The number of carbonyl (C=O) groups is 1. The highest BCUT2D eigenvalue weighted by atomic mass is 16.5. The van der Waals surface area contributed by atoms with Crippen molar-refractivity contribution >= 4 is 34.1 Å². The van der Waals surface area contributed by atoms with Crippen molar-refractivity contribution in [2.45, 2.75) is 12.9 Å². The van der Waals surface area contributed by atoms with Gasteiger partial charge in [0.05, 0.1) is 22.6 Å². The fourth-order valence-electron chi connectivity index (χ4n) is 4.06. The predicted octanol–water partition coefficient (Wildman–Crippen LogP) is 4.79. The van der Waals surface area contributed by atoms with Gasteiger partial charge in [-0.2, -0.15) is 0 Å². The maximum absolute atomic E-state index is 12.8. The van der Waals surface area contributed by atoms with Gasteiger partial charge < -0.3 is 30.0 Å². The second-order valence-electron chi connectivity index (χ2n) is 7.56. The van der Waals surface area contributed by atoms with Gasteiger partial charge in [-0.1, -0.05) is 6.07 Å². The Balaban J connectivity index is 1.41. The molecule has 2 aromatic carbocycles. The van der Waals surface area contributed by atoms with Crippen LogP contribution in [0.2, 0.25) is 0 Å². The summed E-state index contributed by atoms with van der Waals surface area (Å²) in [5.74, 6) is 1.10. The SMILES string of the molecule is [2H]C([2H])(c1ccnc2[nH]ccc12)N1CCc2c(NC(=O)Nc3cc(OC)ccc3OC)cccc21. The molecule has 0 saturated heterocycles. The van der Waals surface area contributed by atoms with Gasteiger partial charge in [-0.05, 0) is 48.4 Å². The van der Waals surface area contributed by atoms with E-state index >= 15 is 0 Å². The number of pyridine rings is 1. The van der Waals surface area contributed by atoms with Gasteiger partial charge in [-0.25, -0.2) is 9.78 Å². The Morgan fingerprint density at radius 3 is 2.88 bits per heavy atom. The summed E-state index contributed by atoms with van der Waals surface area (Å²) in [5.41, 5.74) is 3.91. The topological polar surface area (TPSA) is 91.5 Å². The third-order valence-electron chi connectivity index (χ3n) is 5.65. The number of carbonyl (C=O) groups excluding carboxylic acids is 1. The minimum Gasteiger partial charge on any atom is -0.497 e. The molecule has 5 rings (SSSR count). The molecule has 0 radical (unpaired) electrons. The Morgan fingerprint density at radius 1 is 1.15 bits per heavy atom. The van der Waals surface area contributed by atoms with Crippen molar-refractivity contribution in [1.29, 1.82) is 0 Å². The first-order chi connectivity index (χ1) is 16.9. The molecule has 0 unspecified atom stereocenters. The number of hydrogen-bond acceptors (Lipinski definition) is 5. The van der Waals surface area contributed by atoms with Crippen molar-refractivity contribution < 1.29 is 17.0 Å². The summed E-state index contributed by atoms with van der Waals surface area (Å²) in [6, 6.07) is 13.8. The number of nitrogens with one attached hydrogen (secondary N) is 3. The van der Waals surface area contributed by atoms with E-state index in [4.69, 9.17) is 12.2 Å². The number of hydrogen-bond donors (Lipinski definition) is 3. The average molecular weight is 446 g/mol. The van der Waals surface area contributed by atoms with Crippen LogP contribution in [-0.2, 0) is 12.9 Å². The minimum absolute atomic E-state index is 0.436. The summed E-state index contributed by atoms with van der Waals surface area (Å²) >= 11 is 0. The molecule has 1 aliphatic heterocycles. The number of aromatic amines is 1. The van der Waals surface area contributed by atoms with Crippen molar-refractivity contribution in [3.63, 3.8) is 0 Å². The summed E-state index contributed by atoms with van der Waals surface area (Å²) in [5, 5.41) is 6.46. The van der Waals surface area contributed by atoms with Gasteiger partial charge in [-0.3, -0.25) is 0 Å². The molecule has 1 aliphatic rings. The molecule has 8 heteroatoms. The van der Waals surface area contributed by atoms with Crippen LogP contribution in [0.1, 0.15) is 13.9 Å². The molecule has 33 heavy (non-hydrogen) atoms. The molecule has 3 N–H and O–H groups in total. The molecule has 8 nitrogen and oxygen atoms in total. The van der Waals surface area contributed by atoms with E-state index in [1.807, 2.05) is 24.3 Å². The number of H-pyrrole nitrogens is 1. The third kappa shape index (κ3) is 4.03. The number of urea groups is 1. The van der Waals surface area contributed by atoms with Crippen LogP contribution in [0.5, 0.6) is 11.5 Å². The van der Waals surface area contributed by atoms with Crippen molar-refractivity contribution in [2.75, 3.05) is 36.3 Å². The lowest BCUT2D eigenvalue weighted by molar-refractivity contribution is 0.262. The molecule has 2 aromatic heterocycles. The first kappa shape index (κ1) is 18.4. The molecular formula is C25H25N5O3. The van der Waals surface area contributed by atoms with Crippen LogP contribution in [-0.4, -0.2) is 36.8 Å². The normalized spacial score (nSPS) is 13.8. The van der Waals surface area contributed by atoms with Gasteiger partial charge in [0.15, 0.2) is 0 Å². The molecule has 0 spiro atoms. The lowest BCUT2D eigenvalue weighted by Gasteiger charge is -2.20. The molecule has 4 aromatic rings. The number of ether oxygens (including phenoxy) is 2. The van der Waals surface area contributed by atoms with E-state index in [2.05, 4.69) is 20.6 Å². The van der Waals surface area contributed by atoms with Crippen LogP contribution in [0.3, 0.4) is 0 Å². The molecule has 0 bridgehead atoms. The third-order valence-corrected chi connectivity index (χ3v) is 5.65. The first-order valence-corrected chi connectivity index (χ1v) is 10.5. The predicted molar refractivity (Wildman–Crippen MR) is 129 cm³/mol. The molecule has 3 heterocycles. The number of methoxy groups -OCH3 is 2. The zero-order chi connectivity index (χ0) is 24.6. The second-order valence-corrected chi connectivity index (χ2v) is 7.56. The van der Waals surface area contributed by atoms with E-state index < -0.39 is 12.5 Å². The quantitative estimate of drug-likeness (QED) is 0.397. The highest BCUT2D eigenvalue weighted by Gasteiger charge is 2.23. The van der Waals surface area contributed by atoms with Gasteiger partial charge in [0.2, 0.25) is 0 Å². The lowest BCUT2D eigenvalue weighted by atomic mass is 10.1. The number of fused-ring (bicyclic) bond motifs is 2. The standard InChI is InChI=1S/C25H25N5O3/c1-32-17-6-7-23(33-2)21(14-17)29-25(31)28-20-4-3-5-22-19(20)10-13-30(22)15-16-8-11-26-24-18(16)9-12-27-24/h3-9,11-12,14H,10,13,15H2,1-2H3,(H,26,27)(H2,28,29,31)/i15D2. The van der Waals surface area contributed by atoms with Crippen molar-refractivity contribution in [2.24, 2.45) is 0 Å². The Bertz CT molecular complexity index is 1410. The fraction of sp³-hybridized carbons (Fsp3) is 0.200. The Kier molecular flexibility index (Phi) is 4.87. The van der Waals surface area contributed by atoms with E-state index in [0.717, 1.165) is 16.6 Å². The number of benzene rings is 2. The highest BCUT2D eigenvalue weighted by molar-refractivity contribution is 6.02. The average Bonchev–Trinajstić information content (AvgIpc) is 3.51. The van der Waals surface area contributed by atoms with Gasteiger partial charge in [0.1, 0.15) is 17.1 Å². The fourth-order valence-corrected chi connectivity index (χ4v) is 4.06. The second kappa shape index (κ2) is 8.74. The van der Waals surface area contributed by atoms with E-state index in [0.29, 0.717) is 47.1 Å². The Labute approximate surface area is 194 Å². The summed E-state index contributed by atoms with van der Waals surface area (Å²) in [6.07, 6.45) is 3.96. The van der Waals surface area contributed by atoms with E-state index in [-0.39, 0.29) is 0 Å². The molecule has 0 saturated carbocycles. The van der Waals surface area contributed by atoms with Crippen LogP contribution < -0.4 is 25.0 Å². The number of anilines is 3. The van der Waals surface area contributed by atoms with Crippen LogP contribution in [0.4, 0.5) is 21.9 Å². The lowest BCUT2D eigenvalue weighted by Crippen LogP contribution is -2.21. The van der Waals surface area contributed by atoms with Crippen LogP contribution >= 0.6 is 0 Å². The van der Waals surface area contributed by atoms with E-state index in [9.17, 15) is 4.79 Å². The molecular weight excluding hydrogens is 418 g/mol. The maximum atomic E-state index is 12.8. The number of nitrogens with zero attached hydrogens (tertiary/aromatic N) is 2. The van der Waals surface area contributed by atoms with Gasteiger partial charge in [0.25, 0.3) is 0 Å². The van der Waals surface area contributed by atoms with E-state index in [1.54, 1.807) is 48.7 Å². The minimum atomic E-state index is -1.77. The zero-order valence-corrected chi connectivity index (χ0v) is 18.3. The molecule has 0 atom stereocenters. The summed E-state index contributed by atoms with van der Waals surface area (Å²) in [7, 11) is 3.08. The highest BCUT2D eigenvalue weighted by Crippen LogP contribution is 2.35. The maximum Gasteiger partial charge on any atom is 0.323 e. The summed E-state index contributed by atoms with van der Waals surface area (Å²) in [6.45, 7) is -1.30. The van der Waals surface area contributed by atoms with Crippen molar-refractivity contribution in [3.8, 4) is 11.5 Å². The number of rotatable bonds is 6. The Hall–Kier alpha value is -4.20. The van der Waals surface area contributed by atoms with Crippen molar-refractivity contribution in [3.05, 3.63) is 72.1 Å². The van der Waals surface area contributed by atoms with E-state index in [1.165, 1.54) is 7.11 Å². The van der Waals surface area contributed by atoms with Crippen molar-refractivity contribution in [1.82, 2.24) is 9.97 Å². The number of amides is 2. The van der Waals surface area contributed by atoms with Crippen LogP contribution in [0.15, 0.2) is 60.9 Å². The van der Waals surface area contributed by atoms with Gasteiger partial charge in [0, 0.05) is 53.8 Å². The smallest absolute Gasteiger partial charge is 0.323 e. The molecule has 2 amide bonds. The summed E-state index contributed by atoms with van der Waals surface area (Å²) in [4.78, 5) is 21.9. The van der Waals surface area contributed by atoms with Gasteiger partial charge in [-0.15, -0.1) is 0 Å². The number of aromatic nitrogens is 2. The molecule has 0 fully saturated rings. The Morgan fingerprint density at radius 2 is 2.03 bits per heavy atom. The zero-order valence-electron chi connectivity index (χ0n) is 20.3. The monoisotopic (exact) mass is 445 g/mol. The first-order valence-electron chi connectivity index (χ1n) is 11.5. The largest absolute Gasteiger partial charge is 0.497 e. The van der Waals surface area contributed by atoms with Crippen LogP contribution in [0.25, 0.3) is 11.0 Å². The van der Waals surface area contributed by atoms with Crippen LogP contribution in [0, 0.1) is 0 Å². The summed E-state index contributed by atoms with van der Waals surface area (Å²) < 4.78 is 28.5.